The molecule has 0 saturated heterocycles. The van der Waals surface area contributed by atoms with Gasteiger partial charge in [-0.25, -0.2) is 4.79 Å². The van der Waals surface area contributed by atoms with Gasteiger partial charge in [0.25, 0.3) is 0 Å². The van der Waals surface area contributed by atoms with E-state index in [0.29, 0.717) is 0 Å². The Labute approximate surface area is 154 Å². The van der Waals surface area contributed by atoms with Gasteiger partial charge >= 0.3 is 3.98 Å². The summed E-state index contributed by atoms with van der Waals surface area (Å²) in [6.07, 6.45) is 15.6. The predicted octanol–water partition coefficient (Wildman–Crippen LogP) is 7.05. The molecule has 1 aliphatic carbocycles. The van der Waals surface area contributed by atoms with Crippen LogP contribution in [0.25, 0.3) is 0 Å². The Balaban J connectivity index is 2.73. The molecule has 0 bridgehead atoms. The molecule has 0 aromatic heterocycles. The van der Waals surface area contributed by atoms with E-state index in [1.807, 2.05) is 19.1 Å². The van der Waals surface area contributed by atoms with Crippen molar-refractivity contribution >= 4 is 26.6 Å². The Kier molecular flexibility index (Phi) is 8.03. The summed E-state index contributed by atoms with van der Waals surface area (Å²) in [6.45, 7) is 10.9. The van der Waals surface area contributed by atoms with E-state index in [2.05, 4.69) is 45.9 Å². The van der Waals surface area contributed by atoms with Crippen LogP contribution in [0.2, 0.25) is 0 Å². The van der Waals surface area contributed by atoms with Gasteiger partial charge in [0.2, 0.25) is 0 Å². The highest BCUT2D eigenvalue weighted by Crippen LogP contribution is 2.40. The Morgan fingerprint density at radius 3 is 2.52 bits per heavy atom. The van der Waals surface area contributed by atoms with Crippen LogP contribution in [0.3, 0.4) is 0 Å². The summed E-state index contributed by atoms with van der Waals surface area (Å²) in [4.78, 5) is 10.7. The van der Waals surface area contributed by atoms with Crippen LogP contribution in [-0.2, 0) is 4.74 Å². The second kappa shape index (κ2) is 9.26. The van der Waals surface area contributed by atoms with Crippen molar-refractivity contribution in [3.63, 3.8) is 0 Å². The zero-order chi connectivity index (χ0) is 17.5. The highest BCUT2D eigenvalue weighted by atomic mass is 127. The highest BCUT2D eigenvalue weighted by Gasteiger charge is 2.26. The average Bonchev–Trinajstić information content (AvgIpc) is 2.44. The minimum atomic E-state index is -0.330. The Hall–Kier alpha value is -1.10. The van der Waals surface area contributed by atoms with Gasteiger partial charge in [0.1, 0.15) is 0 Å². The van der Waals surface area contributed by atoms with Crippen LogP contribution in [0, 0.1) is 5.41 Å². The molecule has 23 heavy (non-hydrogen) atoms. The smallest absolute Gasteiger partial charge is 0.371 e. The van der Waals surface area contributed by atoms with Gasteiger partial charge in [-0.2, -0.15) is 0 Å². The van der Waals surface area contributed by atoms with E-state index in [4.69, 9.17) is 4.74 Å². The molecule has 0 aromatic rings. The van der Waals surface area contributed by atoms with Crippen molar-refractivity contribution in [2.24, 2.45) is 5.41 Å². The molecule has 2 nitrogen and oxygen atoms in total. The van der Waals surface area contributed by atoms with Crippen LogP contribution in [0.1, 0.15) is 53.9 Å². The molecule has 0 fully saturated rings. The maximum Gasteiger partial charge on any atom is 0.371 e. The molecule has 3 heteroatoms. The van der Waals surface area contributed by atoms with Gasteiger partial charge in [0.15, 0.2) is 0 Å². The van der Waals surface area contributed by atoms with Gasteiger partial charge in [-0.15, -0.1) is 0 Å². The topological polar surface area (TPSA) is 26.3 Å². The Morgan fingerprint density at radius 1 is 1.22 bits per heavy atom. The van der Waals surface area contributed by atoms with E-state index in [-0.39, 0.29) is 9.39 Å². The van der Waals surface area contributed by atoms with E-state index in [9.17, 15) is 4.79 Å². The van der Waals surface area contributed by atoms with Crippen LogP contribution < -0.4 is 0 Å². The van der Waals surface area contributed by atoms with Crippen molar-refractivity contribution < 1.29 is 9.53 Å². The van der Waals surface area contributed by atoms with Crippen molar-refractivity contribution in [3.05, 3.63) is 58.9 Å². The average molecular weight is 426 g/mol. The van der Waals surface area contributed by atoms with Gasteiger partial charge in [-0.3, -0.25) is 0 Å². The van der Waals surface area contributed by atoms with E-state index >= 15 is 0 Å². The number of carbonyl (C=O) groups is 1. The zero-order valence-corrected chi connectivity index (χ0v) is 16.9. The minimum Gasteiger partial charge on any atom is -0.427 e. The molecule has 0 heterocycles. The number of carbonyl (C=O) groups excluding carboxylic acids is 1. The lowest BCUT2D eigenvalue weighted by Crippen LogP contribution is -2.19. The molecule has 1 aliphatic rings. The number of rotatable bonds is 5. The quantitative estimate of drug-likeness (QED) is 0.204. The van der Waals surface area contributed by atoms with Crippen LogP contribution >= 0.6 is 22.6 Å². The molecule has 0 amide bonds. The molecular weight excluding hydrogens is 399 g/mol. The first-order valence-electron chi connectivity index (χ1n) is 7.98. The van der Waals surface area contributed by atoms with E-state index in [0.717, 1.165) is 5.57 Å². The molecule has 1 rings (SSSR count). The van der Waals surface area contributed by atoms with Crippen molar-refractivity contribution in [2.45, 2.75) is 53.9 Å². The normalized spacial score (nSPS) is 19.7. The predicted molar refractivity (Wildman–Crippen MR) is 107 cm³/mol. The number of allylic oxidation sites excluding steroid dienone is 9. The lowest BCUT2D eigenvalue weighted by atomic mass is 9.72. The van der Waals surface area contributed by atoms with E-state index in [1.54, 1.807) is 22.6 Å². The van der Waals surface area contributed by atoms with Crippen molar-refractivity contribution in [1.29, 1.82) is 0 Å². The number of hydrogen-bond donors (Lipinski definition) is 0. The number of ether oxygens (including phenoxy) is 1. The second-order valence-electron chi connectivity index (χ2n) is 6.75. The van der Waals surface area contributed by atoms with Gasteiger partial charge < -0.3 is 4.74 Å². The highest BCUT2D eigenvalue weighted by molar-refractivity contribution is 14.1. The van der Waals surface area contributed by atoms with E-state index in [1.165, 1.54) is 42.2 Å². The Morgan fingerprint density at radius 2 is 1.91 bits per heavy atom. The third kappa shape index (κ3) is 7.34. The standard InChI is InChI=1S/C20H27IO2/c1-15(8-6-9-16(2)14-23-19(21)22)11-12-18-17(3)10-7-13-20(18,4)5/h6,8-9,11-12,14H,7,10,13H2,1-5H3/b9-6+,12-11+,15-8+,16-14+. The molecule has 0 saturated carbocycles. The molecule has 0 aromatic carbocycles. The van der Waals surface area contributed by atoms with Crippen LogP contribution in [0.15, 0.2) is 58.9 Å². The van der Waals surface area contributed by atoms with Crippen LogP contribution in [-0.4, -0.2) is 3.98 Å². The molecule has 0 radical (unpaired) electrons. The van der Waals surface area contributed by atoms with Gasteiger partial charge in [-0.05, 0) is 56.6 Å². The first-order valence-corrected chi connectivity index (χ1v) is 9.06. The largest absolute Gasteiger partial charge is 0.427 e. The summed E-state index contributed by atoms with van der Waals surface area (Å²) >= 11 is 1.61. The first-order chi connectivity index (χ1) is 10.7. The second-order valence-corrected chi connectivity index (χ2v) is 7.63. The molecule has 0 aliphatic heterocycles. The van der Waals surface area contributed by atoms with Gasteiger partial charge in [0.05, 0.1) is 28.9 Å². The molecule has 0 atom stereocenters. The summed E-state index contributed by atoms with van der Waals surface area (Å²) in [6, 6.07) is 0. The lowest BCUT2D eigenvalue weighted by molar-refractivity contribution is 0.217. The Bertz CT molecular complexity index is 587. The van der Waals surface area contributed by atoms with Gasteiger partial charge in [0, 0.05) is 0 Å². The summed E-state index contributed by atoms with van der Waals surface area (Å²) in [5.41, 5.74) is 5.36. The fourth-order valence-electron chi connectivity index (χ4n) is 2.81. The number of halogens is 1. The first kappa shape index (κ1) is 19.9. The molecule has 0 spiro atoms. The third-order valence-electron chi connectivity index (χ3n) is 4.11. The maximum atomic E-state index is 10.7. The van der Waals surface area contributed by atoms with Crippen LogP contribution in [0.4, 0.5) is 4.79 Å². The molecule has 0 unspecified atom stereocenters. The fraction of sp³-hybridized carbons (Fsp3) is 0.450. The summed E-state index contributed by atoms with van der Waals surface area (Å²) in [7, 11) is 0. The van der Waals surface area contributed by atoms with Crippen LogP contribution in [0.5, 0.6) is 0 Å². The zero-order valence-electron chi connectivity index (χ0n) is 14.8. The summed E-state index contributed by atoms with van der Waals surface area (Å²) < 4.78 is 4.49. The molecule has 126 valence electrons. The van der Waals surface area contributed by atoms with E-state index < -0.39 is 0 Å². The summed E-state index contributed by atoms with van der Waals surface area (Å²) in [5, 5.41) is 0. The minimum absolute atomic E-state index is 0.275. The SMILES string of the molecule is CC1=C(/C=C/C(C)=C/C=C/C(C)=C/OC(=O)I)C(C)(C)CCC1. The van der Waals surface area contributed by atoms with Gasteiger partial charge in [-0.1, -0.05) is 55.4 Å². The third-order valence-corrected chi connectivity index (χ3v) is 4.37. The van der Waals surface area contributed by atoms with Crippen molar-refractivity contribution in [1.82, 2.24) is 0 Å². The lowest BCUT2D eigenvalue weighted by Gasteiger charge is -2.32. The fourth-order valence-corrected chi connectivity index (χ4v) is 2.94. The number of hydrogen-bond acceptors (Lipinski definition) is 2. The molecular formula is C20H27IO2. The van der Waals surface area contributed by atoms with Crippen molar-refractivity contribution in [3.8, 4) is 0 Å². The maximum absolute atomic E-state index is 10.7. The molecule has 0 N–H and O–H groups in total. The summed E-state index contributed by atoms with van der Waals surface area (Å²) in [5.74, 6) is 0. The monoisotopic (exact) mass is 426 g/mol. The van der Waals surface area contributed by atoms with Crippen molar-refractivity contribution in [2.75, 3.05) is 0 Å².